The van der Waals surface area contributed by atoms with Crippen LogP contribution in [0.5, 0.6) is 0 Å². The summed E-state index contributed by atoms with van der Waals surface area (Å²) in [5.41, 5.74) is 1.91. The second kappa shape index (κ2) is 11.4. The molecule has 0 amide bonds. The fourth-order valence-electron chi connectivity index (χ4n) is 4.24. The van der Waals surface area contributed by atoms with Gasteiger partial charge in [-0.2, -0.15) is 0 Å². The Bertz CT molecular complexity index is 1530. The number of rotatable bonds is 9. The van der Waals surface area contributed by atoms with Crippen LogP contribution in [0.25, 0.3) is 21.5 Å². The largest absolute Gasteiger partial charge is 0.462 e. The smallest absolute Gasteiger partial charge is 0.338 e. The predicted molar refractivity (Wildman–Crippen MR) is 147 cm³/mol. The lowest BCUT2D eigenvalue weighted by Gasteiger charge is -2.20. The Morgan fingerprint density at radius 3 is 1.70 bits per heavy atom. The number of anilines is 1. The summed E-state index contributed by atoms with van der Waals surface area (Å²) in [5.74, 6) is -0.767. The van der Waals surface area contributed by atoms with E-state index in [-0.39, 0.29) is 25.2 Å². The number of carbonyl (C=O) groups is 2. The number of fused-ring (bicyclic) bond motifs is 2. The molecule has 1 N–H and O–H groups in total. The third-order valence-corrected chi connectivity index (χ3v) is 6.23. The van der Waals surface area contributed by atoms with Gasteiger partial charge in [0.05, 0.1) is 23.8 Å². The number of benzene rings is 5. The molecule has 0 aliphatic heterocycles. The van der Waals surface area contributed by atoms with E-state index in [1.165, 1.54) is 0 Å². The molecule has 0 aliphatic rings. The fraction of sp³-hybridized carbons (Fsp3) is 0.125. The lowest BCUT2D eigenvalue weighted by Crippen LogP contribution is -2.29. The topological polar surface area (TPSA) is 64.6 Å². The van der Waals surface area contributed by atoms with Crippen LogP contribution in [0.4, 0.5) is 5.69 Å². The summed E-state index contributed by atoms with van der Waals surface area (Å²) < 4.78 is 11.2. The molecule has 0 saturated carbocycles. The zero-order valence-electron chi connectivity index (χ0n) is 20.3. The molecular weight excluding hydrogens is 462 g/mol. The van der Waals surface area contributed by atoms with Crippen LogP contribution in [0.2, 0.25) is 0 Å². The van der Waals surface area contributed by atoms with Gasteiger partial charge in [0.1, 0.15) is 6.61 Å². The van der Waals surface area contributed by atoms with Crippen LogP contribution in [0.3, 0.4) is 0 Å². The molecule has 0 heterocycles. The Hall–Kier alpha value is -4.64. The summed E-state index contributed by atoms with van der Waals surface area (Å²) in [6.45, 7) is 0.317. The minimum absolute atomic E-state index is 0.133. The van der Waals surface area contributed by atoms with Crippen LogP contribution in [0.15, 0.2) is 115 Å². The van der Waals surface area contributed by atoms with Crippen LogP contribution in [0.1, 0.15) is 27.1 Å². The summed E-state index contributed by atoms with van der Waals surface area (Å²) in [7, 11) is 0. The molecular formula is C32H27NO4. The van der Waals surface area contributed by atoms with Crippen molar-refractivity contribution >= 4 is 39.2 Å². The van der Waals surface area contributed by atoms with Gasteiger partial charge in [0, 0.05) is 12.1 Å². The first-order valence-corrected chi connectivity index (χ1v) is 12.3. The van der Waals surface area contributed by atoms with Crippen molar-refractivity contribution in [1.29, 1.82) is 0 Å². The molecule has 1 unspecified atom stereocenters. The molecule has 5 aromatic carbocycles. The highest BCUT2D eigenvalue weighted by Crippen LogP contribution is 2.18. The van der Waals surface area contributed by atoms with Gasteiger partial charge in [0.2, 0.25) is 0 Å². The van der Waals surface area contributed by atoms with Gasteiger partial charge in [-0.1, -0.05) is 78.9 Å². The van der Waals surface area contributed by atoms with E-state index < -0.39 is 5.97 Å². The second-order valence-corrected chi connectivity index (χ2v) is 8.85. The van der Waals surface area contributed by atoms with Gasteiger partial charge in [0.25, 0.3) is 0 Å². The van der Waals surface area contributed by atoms with Gasteiger partial charge >= 0.3 is 11.9 Å². The van der Waals surface area contributed by atoms with E-state index in [9.17, 15) is 9.59 Å². The van der Waals surface area contributed by atoms with E-state index in [0.29, 0.717) is 17.5 Å². The number of carbonyl (C=O) groups excluding carboxylic acids is 2. The molecule has 0 bridgehead atoms. The number of ether oxygens (including phenoxy) is 2. The Labute approximate surface area is 215 Å². The maximum Gasteiger partial charge on any atom is 0.338 e. The van der Waals surface area contributed by atoms with Gasteiger partial charge in [-0.25, -0.2) is 9.59 Å². The second-order valence-electron chi connectivity index (χ2n) is 8.85. The third-order valence-electron chi connectivity index (χ3n) is 6.23. The Morgan fingerprint density at radius 1 is 0.595 bits per heavy atom. The molecule has 0 fully saturated rings. The first-order chi connectivity index (χ1) is 18.2. The van der Waals surface area contributed by atoms with Gasteiger partial charge in [-0.05, 0) is 57.9 Å². The van der Waals surface area contributed by atoms with Crippen LogP contribution in [-0.4, -0.2) is 31.2 Å². The zero-order valence-corrected chi connectivity index (χ0v) is 20.3. The lowest BCUT2D eigenvalue weighted by molar-refractivity contribution is 0.0418. The van der Waals surface area contributed by atoms with Crippen molar-refractivity contribution in [3.8, 4) is 0 Å². The summed E-state index contributed by atoms with van der Waals surface area (Å²) in [6, 6.07) is 36.2. The normalized spacial score (nSPS) is 11.7. The van der Waals surface area contributed by atoms with Gasteiger partial charge in [-0.15, -0.1) is 0 Å². The standard InChI is InChI=1S/C32H27NO4/c34-31(27-16-14-23-8-4-6-10-25(23)20-27)36-19-18-30(33-29-12-2-1-3-13-29)22-37-32(35)28-17-15-24-9-5-7-11-26(24)21-28/h1-17,20-21,30,33H,18-19,22H2. The Balaban J connectivity index is 1.21. The van der Waals surface area contributed by atoms with Crippen molar-refractivity contribution < 1.29 is 19.1 Å². The summed E-state index contributed by atoms with van der Waals surface area (Å²) in [5, 5.41) is 7.49. The first-order valence-electron chi connectivity index (χ1n) is 12.3. The molecule has 5 heteroatoms. The SMILES string of the molecule is O=C(OCCC(COC(=O)c1ccc2ccccc2c1)Nc1ccccc1)c1ccc2ccccc2c1. The van der Waals surface area contributed by atoms with Crippen molar-refractivity contribution in [3.63, 3.8) is 0 Å². The van der Waals surface area contributed by atoms with Gasteiger partial charge in [0.15, 0.2) is 0 Å². The van der Waals surface area contributed by atoms with Crippen molar-refractivity contribution in [2.24, 2.45) is 0 Å². The molecule has 37 heavy (non-hydrogen) atoms. The van der Waals surface area contributed by atoms with Crippen LogP contribution in [0, 0.1) is 0 Å². The molecule has 0 saturated heterocycles. The number of nitrogens with one attached hydrogen (secondary N) is 1. The summed E-state index contributed by atoms with van der Waals surface area (Å²) in [6.07, 6.45) is 0.471. The molecule has 0 aromatic heterocycles. The Morgan fingerprint density at radius 2 is 1.11 bits per heavy atom. The number of hydrogen-bond acceptors (Lipinski definition) is 5. The molecule has 184 valence electrons. The average Bonchev–Trinajstić information content (AvgIpc) is 2.95. The van der Waals surface area contributed by atoms with Gasteiger partial charge < -0.3 is 14.8 Å². The zero-order chi connectivity index (χ0) is 25.5. The van der Waals surface area contributed by atoms with Crippen molar-refractivity contribution in [2.75, 3.05) is 18.5 Å². The van der Waals surface area contributed by atoms with E-state index in [1.54, 1.807) is 12.1 Å². The Kier molecular flexibility index (Phi) is 7.42. The number of hydrogen-bond donors (Lipinski definition) is 1. The average molecular weight is 490 g/mol. The molecule has 5 aromatic rings. The molecule has 1 atom stereocenters. The van der Waals surface area contributed by atoms with Crippen LogP contribution >= 0.6 is 0 Å². The summed E-state index contributed by atoms with van der Waals surface area (Å²) >= 11 is 0. The molecule has 5 nitrogen and oxygen atoms in total. The predicted octanol–water partition coefficient (Wildman–Crippen LogP) is 6.88. The van der Waals surface area contributed by atoms with E-state index in [0.717, 1.165) is 27.2 Å². The van der Waals surface area contributed by atoms with E-state index in [1.807, 2.05) is 103 Å². The molecule has 0 spiro atoms. The van der Waals surface area contributed by atoms with E-state index in [4.69, 9.17) is 9.47 Å². The summed E-state index contributed by atoms with van der Waals surface area (Å²) in [4.78, 5) is 25.4. The van der Waals surface area contributed by atoms with Crippen LogP contribution < -0.4 is 5.32 Å². The number of esters is 2. The minimum atomic E-state index is -0.390. The highest BCUT2D eigenvalue weighted by atomic mass is 16.5. The number of para-hydroxylation sites is 1. The quantitative estimate of drug-likeness (QED) is 0.229. The maximum atomic E-state index is 12.8. The van der Waals surface area contributed by atoms with Crippen molar-refractivity contribution in [3.05, 3.63) is 126 Å². The van der Waals surface area contributed by atoms with Crippen molar-refractivity contribution in [1.82, 2.24) is 0 Å². The molecule has 0 radical (unpaired) electrons. The van der Waals surface area contributed by atoms with Gasteiger partial charge in [-0.3, -0.25) is 0 Å². The van der Waals surface area contributed by atoms with E-state index in [2.05, 4.69) is 5.32 Å². The minimum Gasteiger partial charge on any atom is -0.462 e. The van der Waals surface area contributed by atoms with Crippen molar-refractivity contribution in [2.45, 2.75) is 12.5 Å². The third kappa shape index (κ3) is 6.14. The lowest BCUT2D eigenvalue weighted by atomic mass is 10.1. The fourth-order valence-corrected chi connectivity index (χ4v) is 4.24. The highest BCUT2D eigenvalue weighted by molar-refractivity contribution is 5.96. The van der Waals surface area contributed by atoms with E-state index >= 15 is 0 Å². The van der Waals surface area contributed by atoms with Crippen LogP contribution in [-0.2, 0) is 9.47 Å². The maximum absolute atomic E-state index is 12.8. The molecule has 5 rings (SSSR count). The molecule has 0 aliphatic carbocycles. The monoisotopic (exact) mass is 489 g/mol. The highest BCUT2D eigenvalue weighted by Gasteiger charge is 2.16. The first kappa shape index (κ1) is 24.1.